The Hall–Kier alpha value is -0.0800. The first-order valence-corrected chi connectivity index (χ1v) is 2.31. The first-order chi connectivity index (χ1) is 6.47. The topological polar surface area (TPSA) is 23.5 Å². The molecule has 0 spiro atoms. The molecule has 0 saturated carbocycles. The Kier molecular flexibility index (Phi) is 0.525. The van der Waals surface area contributed by atoms with E-state index in [0.29, 0.717) is 4.90 Å². The van der Waals surface area contributed by atoms with Crippen molar-refractivity contribution < 1.29 is 14.7 Å². The smallest absolute Gasteiger partial charge is 0.0586 e. The number of hydrogen-bond acceptors (Lipinski definition) is 2. The highest BCUT2D eigenvalue weighted by Crippen LogP contribution is 2.12. The van der Waals surface area contributed by atoms with Crippen LogP contribution < -0.4 is 0 Å². The van der Waals surface area contributed by atoms with Crippen molar-refractivity contribution >= 4 is 0 Å². The Balaban J connectivity index is 3.41. The van der Waals surface area contributed by atoms with Crippen LogP contribution in [0.2, 0.25) is 0 Å². The second-order valence-electron chi connectivity index (χ2n) is 1.53. The molecule has 1 aliphatic rings. The summed E-state index contributed by atoms with van der Waals surface area (Å²) in [6.07, 6.45) is -5.66. The van der Waals surface area contributed by atoms with E-state index in [-0.39, 0.29) is 0 Å². The third-order valence-electron chi connectivity index (χ3n) is 0.985. The van der Waals surface area contributed by atoms with Gasteiger partial charge in [0.25, 0.3) is 0 Å². The summed E-state index contributed by atoms with van der Waals surface area (Å²) in [4.78, 5) is 0.597. The zero-order chi connectivity index (χ0) is 12.3. The van der Waals surface area contributed by atoms with E-state index in [9.17, 15) is 0 Å². The largest absolute Gasteiger partial charge is 0.395 e. The van der Waals surface area contributed by atoms with Gasteiger partial charge in [-0.05, 0) is 26.3 Å². The third-order valence-corrected chi connectivity index (χ3v) is 0.985. The highest BCUT2D eigenvalue weighted by molar-refractivity contribution is 4.74. The van der Waals surface area contributed by atoms with Crippen LogP contribution in [0.4, 0.5) is 0 Å². The van der Waals surface area contributed by atoms with Crippen LogP contribution in [0.5, 0.6) is 0 Å². The fourth-order valence-corrected chi connectivity index (χ4v) is 0.481. The summed E-state index contributed by atoms with van der Waals surface area (Å²) in [5.74, 6) is 0. The minimum Gasteiger partial charge on any atom is -0.395 e. The minimum absolute atomic E-state index is 0.597. The van der Waals surface area contributed by atoms with Gasteiger partial charge in [0.05, 0.1) is 6.61 Å². The molecule has 1 aliphatic heterocycles. The van der Waals surface area contributed by atoms with Gasteiger partial charge < -0.3 is 10.0 Å². The zero-order valence-corrected chi connectivity index (χ0v) is 4.60. The summed E-state index contributed by atoms with van der Waals surface area (Å²) < 4.78 is 52.4. The highest BCUT2D eigenvalue weighted by atomic mass is 16.3. The fraction of sp³-hybridized carbons (Fsp3) is 1.00. The second-order valence-corrected chi connectivity index (χ2v) is 1.53. The van der Waals surface area contributed by atoms with Crippen LogP contribution in [0.15, 0.2) is 0 Å². The Bertz CT molecular complexity index is 278. The molecule has 0 aromatic heterocycles. The molecule has 0 bridgehead atoms. The van der Waals surface area contributed by atoms with E-state index in [1.165, 1.54) is 0 Å². The Morgan fingerprint density at radius 1 is 2.12 bits per heavy atom. The van der Waals surface area contributed by atoms with Crippen molar-refractivity contribution in [2.24, 2.45) is 0 Å². The van der Waals surface area contributed by atoms with Crippen molar-refractivity contribution in [1.29, 1.82) is 0 Å². The lowest BCUT2D eigenvalue weighted by molar-refractivity contribution is 0.182. The number of hydrogen-bond donors (Lipinski definition) is 1. The van der Waals surface area contributed by atoms with Crippen LogP contribution in [0.1, 0.15) is 22.3 Å². The molecule has 1 atom stereocenters. The maximum absolute atomic E-state index is 8.99. The molecular weight excluding hydrogens is 102 g/mol. The van der Waals surface area contributed by atoms with E-state index in [1.807, 2.05) is 0 Å². The van der Waals surface area contributed by atoms with Crippen molar-refractivity contribution in [2.75, 3.05) is 20.2 Å². The highest BCUT2D eigenvalue weighted by Gasteiger charge is 2.18. The molecule has 1 unspecified atom stereocenters. The third kappa shape index (κ3) is 1.01. The number of aliphatic hydroxyl groups is 1. The van der Waals surface area contributed by atoms with Gasteiger partial charge in [0.2, 0.25) is 0 Å². The van der Waals surface area contributed by atoms with E-state index in [2.05, 4.69) is 0 Å². The lowest BCUT2D eigenvalue weighted by atomic mass is 10.2. The summed E-state index contributed by atoms with van der Waals surface area (Å²) in [5, 5.41) is 8.99. The van der Waals surface area contributed by atoms with Crippen LogP contribution >= 0.6 is 0 Å². The van der Waals surface area contributed by atoms with Crippen molar-refractivity contribution in [2.45, 2.75) is 18.8 Å². The van der Waals surface area contributed by atoms with E-state index in [0.717, 1.165) is 7.05 Å². The average Bonchev–Trinajstić information content (AvgIpc) is 2.18. The van der Waals surface area contributed by atoms with Crippen molar-refractivity contribution in [1.82, 2.24) is 4.90 Å². The van der Waals surface area contributed by atoms with Gasteiger partial charge in [0.1, 0.15) is 0 Å². The lowest BCUT2D eigenvalue weighted by Gasteiger charge is -2.15. The molecule has 1 rings (SSSR count). The monoisotopic (exact) mass is 122 g/mol. The quantitative estimate of drug-likeness (QED) is 0.532. The molecule has 2 nitrogen and oxygen atoms in total. The van der Waals surface area contributed by atoms with Crippen LogP contribution in [0.25, 0.3) is 0 Å². The first-order valence-electron chi connectivity index (χ1n) is 5.81. The minimum atomic E-state index is -2.86. The summed E-state index contributed by atoms with van der Waals surface area (Å²) in [7, 11) is 1.09. The van der Waals surface area contributed by atoms with Crippen LogP contribution in [0.3, 0.4) is 0 Å². The summed E-state index contributed by atoms with van der Waals surface area (Å²) in [6.45, 7) is -3.61. The lowest BCUT2D eigenvalue weighted by Crippen LogP contribution is -2.27. The Morgan fingerprint density at radius 3 is 3.12 bits per heavy atom. The normalized spacial score (nSPS) is 72.5. The zero-order valence-electron chi connectivity index (χ0n) is 11.6. The number of aliphatic hydroxyl groups excluding tert-OH is 1. The molecule has 0 radical (unpaired) electrons. The number of likely N-dealkylation sites (tertiary alicyclic amines) is 1. The maximum Gasteiger partial charge on any atom is 0.0586 e. The van der Waals surface area contributed by atoms with Crippen LogP contribution in [-0.4, -0.2) is 36.2 Å². The van der Waals surface area contributed by atoms with Gasteiger partial charge in [-0.1, -0.05) is 0 Å². The number of rotatable bonds is 1. The predicted molar refractivity (Wildman–Crippen MR) is 32.7 cm³/mol. The molecule has 0 aromatic rings. The van der Waals surface area contributed by atoms with Gasteiger partial charge in [0, 0.05) is 15.6 Å². The molecule has 1 fully saturated rings. The summed E-state index contributed by atoms with van der Waals surface area (Å²) >= 11 is 0. The standard InChI is InChI=1S/C6H13NO/c1-7-4-2-3-6(7)5-8/h6,8H,2-5H2,1H3/i2D2,3D2,4D2,6D. The van der Waals surface area contributed by atoms with Gasteiger partial charge in [-0.25, -0.2) is 0 Å². The summed E-state index contributed by atoms with van der Waals surface area (Å²) in [6, 6.07) is -2.32. The van der Waals surface area contributed by atoms with Gasteiger partial charge in [-0.3, -0.25) is 0 Å². The Morgan fingerprint density at radius 2 is 2.88 bits per heavy atom. The maximum atomic E-state index is 8.99. The predicted octanol–water partition coefficient (Wildman–Crippen LogP) is 0.0729. The van der Waals surface area contributed by atoms with Crippen LogP contribution in [0, 0.1) is 0 Å². The SMILES string of the molecule is [2H]C1([2H])N(C)C([2H])(CO)C([2H])([2H])C1([2H])[2H]. The van der Waals surface area contributed by atoms with Crippen molar-refractivity contribution in [3.8, 4) is 0 Å². The molecule has 0 aliphatic carbocycles. The molecule has 1 saturated heterocycles. The van der Waals surface area contributed by atoms with Gasteiger partial charge >= 0.3 is 0 Å². The van der Waals surface area contributed by atoms with E-state index in [4.69, 9.17) is 14.7 Å². The molecular formula is C6H13NO. The van der Waals surface area contributed by atoms with Crippen molar-refractivity contribution in [3.63, 3.8) is 0 Å². The molecule has 2 heteroatoms. The average molecular weight is 122 g/mol. The van der Waals surface area contributed by atoms with Crippen LogP contribution in [-0.2, 0) is 0 Å². The van der Waals surface area contributed by atoms with Gasteiger partial charge in [0.15, 0.2) is 0 Å². The molecule has 8 heavy (non-hydrogen) atoms. The molecule has 1 N–H and O–H groups in total. The molecule has 0 amide bonds. The van der Waals surface area contributed by atoms with E-state index in [1.54, 1.807) is 0 Å². The molecule has 1 heterocycles. The number of nitrogens with zero attached hydrogens (tertiary/aromatic N) is 1. The van der Waals surface area contributed by atoms with Gasteiger partial charge in [-0.15, -0.1) is 0 Å². The van der Waals surface area contributed by atoms with Crippen molar-refractivity contribution in [3.05, 3.63) is 0 Å². The van der Waals surface area contributed by atoms with Gasteiger partial charge in [-0.2, -0.15) is 0 Å². The first kappa shape index (κ1) is 1.70. The van der Waals surface area contributed by atoms with E-state index >= 15 is 0 Å². The number of likely N-dealkylation sites (N-methyl/N-ethyl adjacent to an activating group) is 1. The molecule has 0 aromatic carbocycles. The fourth-order valence-electron chi connectivity index (χ4n) is 0.481. The summed E-state index contributed by atoms with van der Waals surface area (Å²) in [5.41, 5.74) is 0. The Labute approximate surface area is 59.9 Å². The molecule has 48 valence electrons. The second kappa shape index (κ2) is 2.46. The van der Waals surface area contributed by atoms with E-state index < -0.39 is 31.9 Å².